The summed E-state index contributed by atoms with van der Waals surface area (Å²) in [5.41, 5.74) is 0.687. The van der Waals surface area contributed by atoms with Gasteiger partial charge in [0, 0.05) is 17.0 Å². The molecule has 0 radical (unpaired) electrons. The standard InChI is InChI=1S/C15H14ClN5OS/c16-11-4-6-12(7-5-11)22-9-10-23-15-20-19-14(21(15)17)13-3-1-2-8-18-13/h1-8H,9-10,17H2. The van der Waals surface area contributed by atoms with Crippen molar-refractivity contribution in [3.05, 3.63) is 53.7 Å². The first kappa shape index (κ1) is 15.6. The Hall–Kier alpha value is -2.25. The van der Waals surface area contributed by atoms with Gasteiger partial charge in [-0.2, -0.15) is 0 Å². The Balaban J connectivity index is 1.55. The number of aromatic nitrogens is 4. The number of nitrogens with two attached hydrogens (primary N) is 1. The Bertz CT molecular complexity index is 763. The predicted molar refractivity (Wildman–Crippen MR) is 91.1 cm³/mol. The van der Waals surface area contributed by atoms with E-state index in [1.165, 1.54) is 16.4 Å². The number of thioether (sulfide) groups is 1. The van der Waals surface area contributed by atoms with Crippen molar-refractivity contribution in [3.63, 3.8) is 0 Å². The summed E-state index contributed by atoms with van der Waals surface area (Å²) in [6, 6.07) is 12.8. The molecule has 1 aromatic carbocycles. The quantitative estimate of drug-likeness (QED) is 0.419. The lowest BCUT2D eigenvalue weighted by atomic mass is 10.3. The number of halogens is 1. The van der Waals surface area contributed by atoms with Gasteiger partial charge >= 0.3 is 0 Å². The van der Waals surface area contributed by atoms with Crippen LogP contribution in [0.2, 0.25) is 5.02 Å². The van der Waals surface area contributed by atoms with E-state index < -0.39 is 0 Å². The highest BCUT2D eigenvalue weighted by molar-refractivity contribution is 7.99. The third-order valence-corrected chi connectivity index (χ3v) is 4.11. The van der Waals surface area contributed by atoms with Crippen molar-refractivity contribution >= 4 is 23.4 Å². The topological polar surface area (TPSA) is 78.9 Å². The Morgan fingerprint density at radius 3 is 2.70 bits per heavy atom. The summed E-state index contributed by atoms with van der Waals surface area (Å²) in [4.78, 5) is 4.22. The van der Waals surface area contributed by atoms with Crippen molar-refractivity contribution in [2.45, 2.75) is 5.16 Å². The summed E-state index contributed by atoms with van der Waals surface area (Å²) >= 11 is 7.30. The highest BCUT2D eigenvalue weighted by Gasteiger charge is 2.12. The normalized spacial score (nSPS) is 10.7. The lowest BCUT2D eigenvalue weighted by Gasteiger charge is -2.06. The molecule has 118 valence electrons. The van der Waals surface area contributed by atoms with E-state index in [1.807, 2.05) is 30.3 Å². The average molecular weight is 348 g/mol. The summed E-state index contributed by atoms with van der Waals surface area (Å²) in [6.07, 6.45) is 1.69. The van der Waals surface area contributed by atoms with Crippen molar-refractivity contribution in [2.75, 3.05) is 18.2 Å². The van der Waals surface area contributed by atoms with Crippen molar-refractivity contribution in [3.8, 4) is 17.3 Å². The number of hydrogen-bond donors (Lipinski definition) is 1. The fourth-order valence-corrected chi connectivity index (χ4v) is 2.67. The third-order valence-electron chi connectivity index (χ3n) is 2.96. The molecule has 0 saturated heterocycles. The highest BCUT2D eigenvalue weighted by atomic mass is 35.5. The van der Waals surface area contributed by atoms with E-state index in [0.29, 0.717) is 34.1 Å². The average Bonchev–Trinajstić information content (AvgIpc) is 2.95. The number of hydrogen-bond acceptors (Lipinski definition) is 6. The molecule has 0 fully saturated rings. The molecule has 2 heterocycles. The van der Waals surface area contributed by atoms with Crippen LogP contribution >= 0.6 is 23.4 Å². The van der Waals surface area contributed by atoms with Gasteiger partial charge in [-0.25, -0.2) is 4.68 Å². The van der Waals surface area contributed by atoms with Crippen LogP contribution < -0.4 is 10.6 Å². The van der Waals surface area contributed by atoms with Gasteiger partial charge in [-0.15, -0.1) is 10.2 Å². The molecular weight excluding hydrogens is 334 g/mol. The molecule has 3 aromatic rings. The Morgan fingerprint density at radius 1 is 1.13 bits per heavy atom. The lowest BCUT2D eigenvalue weighted by Crippen LogP contribution is -2.12. The van der Waals surface area contributed by atoms with Crippen molar-refractivity contribution < 1.29 is 4.74 Å². The monoisotopic (exact) mass is 347 g/mol. The van der Waals surface area contributed by atoms with E-state index in [-0.39, 0.29) is 0 Å². The van der Waals surface area contributed by atoms with Gasteiger partial charge in [0.25, 0.3) is 0 Å². The maximum atomic E-state index is 6.02. The number of rotatable bonds is 6. The summed E-state index contributed by atoms with van der Waals surface area (Å²) in [5.74, 6) is 8.03. The Morgan fingerprint density at radius 2 is 1.96 bits per heavy atom. The fraction of sp³-hybridized carbons (Fsp3) is 0.133. The summed E-state index contributed by atoms with van der Waals surface area (Å²) in [6.45, 7) is 0.526. The van der Waals surface area contributed by atoms with Crippen LogP contribution in [0, 0.1) is 0 Å². The first-order valence-corrected chi connectivity index (χ1v) is 8.23. The molecule has 0 aliphatic carbocycles. The van der Waals surface area contributed by atoms with Crippen LogP contribution in [0.3, 0.4) is 0 Å². The largest absolute Gasteiger partial charge is 0.493 e. The second-order valence-electron chi connectivity index (χ2n) is 4.54. The number of nitrogen functional groups attached to an aromatic ring is 1. The van der Waals surface area contributed by atoms with Crippen molar-refractivity contribution in [1.29, 1.82) is 0 Å². The second-order valence-corrected chi connectivity index (χ2v) is 6.04. The maximum absolute atomic E-state index is 6.02. The molecule has 2 aromatic heterocycles. The SMILES string of the molecule is Nn1c(SCCOc2ccc(Cl)cc2)nnc1-c1ccccn1. The minimum atomic E-state index is 0.526. The van der Waals surface area contributed by atoms with Gasteiger partial charge in [-0.3, -0.25) is 4.98 Å². The third kappa shape index (κ3) is 3.94. The summed E-state index contributed by atoms with van der Waals surface area (Å²) < 4.78 is 7.06. The van der Waals surface area contributed by atoms with Gasteiger partial charge in [-0.05, 0) is 36.4 Å². The zero-order chi connectivity index (χ0) is 16.1. The van der Waals surface area contributed by atoms with Gasteiger partial charge in [-0.1, -0.05) is 29.4 Å². The van der Waals surface area contributed by atoms with Gasteiger partial charge in [0.1, 0.15) is 11.4 Å². The van der Waals surface area contributed by atoms with Crippen molar-refractivity contribution in [2.24, 2.45) is 0 Å². The molecule has 0 aliphatic rings. The zero-order valence-corrected chi connectivity index (χ0v) is 13.7. The van der Waals surface area contributed by atoms with Crippen LogP contribution in [0.5, 0.6) is 5.75 Å². The maximum Gasteiger partial charge on any atom is 0.210 e. The number of ether oxygens (including phenoxy) is 1. The molecule has 2 N–H and O–H groups in total. The Kier molecular flexibility index (Phi) is 4.99. The predicted octanol–water partition coefficient (Wildman–Crippen LogP) is 2.88. The van der Waals surface area contributed by atoms with Crippen LogP contribution in [0.25, 0.3) is 11.5 Å². The van der Waals surface area contributed by atoms with Crippen LogP contribution in [0.15, 0.2) is 53.8 Å². The molecule has 0 amide bonds. The highest BCUT2D eigenvalue weighted by Crippen LogP contribution is 2.20. The number of benzene rings is 1. The molecular formula is C15H14ClN5OS. The van der Waals surface area contributed by atoms with E-state index >= 15 is 0 Å². The molecule has 0 spiro atoms. The van der Waals surface area contributed by atoms with Gasteiger partial charge in [0.05, 0.1) is 6.61 Å². The minimum Gasteiger partial charge on any atom is -0.493 e. The van der Waals surface area contributed by atoms with E-state index in [4.69, 9.17) is 22.2 Å². The van der Waals surface area contributed by atoms with Gasteiger partial charge < -0.3 is 10.6 Å². The van der Waals surface area contributed by atoms with E-state index in [0.717, 1.165) is 5.75 Å². The zero-order valence-electron chi connectivity index (χ0n) is 12.1. The molecule has 0 aliphatic heterocycles. The molecule has 23 heavy (non-hydrogen) atoms. The first-order valence-electron chi connectivity index (χ1n) is 6.87. The molecule has 8 heteroatoms. The van der Waals surface area contributed by atoms with Crippen LogP contribution in [0.1, 0.15) is 0 Å². The molecule has 0 atom stereocenters. The van der Waals surface area contributed by atoms with E-state index in [9.17, 15) is 0 Å². The molecule has 0 saturated carbocycles. The molecule has 6 nitrogen and oxygen atoms in total. The molecule has 0 bridgehead atoms. The number of pyridine rings is 1. The minimum absolute atomic E-state index is 0.526. The van der Waals surface area contributed by atoms with Crippen LogP contribution in [-0.2, 0) is 0 Å². The van der Waals surface area contributed by atoms with Gasteiger partial charge in [0.2, 0.25) is 11.0 Å². The van der Waals surface area contributed by atoms with E-state index in [1.54, 1.807) is 18.3 Å². The fourth-order valence-electron chi connectivity index (χ4n) is 1.87. The van der Waals surface area contributed by atoms with Crippen LogP contribution in [0.4, 0.5) is 0 Å². The van der Waals surface area contributed by atoms with E-state index in [2.05, 4.69) is 15.2 Å². The second kappa shape index (κ2) is 7.34. The number of nitrogens with zero attached hydrogens (tertiary/aromatic N) is 4. The smallest absolute Gasteiger partial charge is 0.210 e. The molecule has 3 rings (SSSR count). The Labute approximate surface area is 142 Å². The molecule has 0 unspecified atom stereocenters. The summed E-state index contributed by atoms with van der Waals surface area (Å²) in [7, 11) is 0. The first-order chi connectivity index (χ1) is 11.2. The summed E-state index contributed by atoms with van der Waals surface area (Å²) in [5, 5.41) is 9.47. The lowest BCUT2D eigenvalue weighted by molar-refractivity contribution is 0.344. The van der Waals surface area contributed by atoms with Crippen molar-refractivity contribution in [1.82, 2.24) is 19.9 Å². The van der Waals surface area contributed by atoms with Crippen LogP contribution in [-0.4, -0.2) is 32.2 Å². The van der Waals surface area contributed by atoms with Gasteiger partial charge in [0.15, 0.2) is 0 Å².